The summed E-state index contributed by atoms with van der Waals surface area (Å²) in [6.07, 6.45) is 76.4. The van der Waals surface area contributed by atoms with Crippen molar-refractivity contribution in [3.63, 3.8) is 0 Å². The van der Waals surface area contributed by atoms with Crippen molar-refractivity contribution in [3.8, 4) is 0 Å². The third-order valence-electron chi connectivity index (χ3n) is 11.8. The largest absolute Gasteiger partial charge is 0.462 e. The van der Waals surface area contributed by atoms with E-state index in [1.165, 1.54) is 64.2 Å². The van der Waals surface area contributed by atoms with E-state index in [-0.39, 0.29) is 31.1 Å². The molecule has 0 saturated carbocycles. The van der Waals surface area contributed by atoms with Gasteiger partial charge in [0.2, 0.25) is 0 Å². The molecule has 0 N–H and O–H groups in total. The SMILES string of the molecule is CC/C=C\C/C=C\C/C=C\C/C=C\CCCCCCCCC(=O)OCC(COC(=O)CCCCCC/C=C\C/C=C\C/C=C\CC)OC(=O)CCCCCCC/C=C\C=C/CCCCCCCCC. The van der Waals surface area contributed by atoms with E-state index in [1.807, 2.05) is 0 Å². The second-order valence-electron chi connectivity index (χ2n) is 18.5. The maximum atomic E-state index is 12.9. The molecule has 0 aliphatic heterocycles. The van der Waals surface area contributed by atoms with Crippen LogP contribution in [0.1, 0.15) is 252 Å². The van der Waals surface area contributed by atoms with E-state index in [0.29, 0.717) is 19.3 Å². The zero-order chi connectivity index (χ0) is 50.0. The highest BCUT2D eigenvalue weighted by Crippen LogP contribution is 2.14. The van der Waals surface area contributed by atoms with Crippen molar-refractivity contribution in [2.24, 2.45) is 0 Å². The van der Waals surface area contributed by atoms with Crippen molar-refractivity contribution in [1.82, 2.24) is 0 Å². The number of hydrogen-bond donors (Lipinski definition) is 0. The van der Waals surface area contributed by atoms with Crippen molar-refractivity contribution in [3.05, 3.63) is 109 Å². The van der Waals surface area contributed by atoms with Crippen LogP contribution in [-0.2, 0) is 28.6 Å². The summed E-state index contributed by atoms with van der Waals surface area (Å²) in [5.41, 5.74) is 0. The molecule has 0 spiro atoms. The van der Waals surface area contributed by atoms with Crippen molar-refractivity contribution in [2.45, 2.75) is 258 Å². The van der Waals surface area contributed by atoms with Gasteiger partial charge >= 0.3 is 17.9 Å². The number of esters is 3. The Labute approximate surface area is 425 Å². The molecule has 0 rings (SSSR count). The van der Waals surface area contributed by atoms with E-state index in [1.54, 1.807) is 0 Å². The Hall–Kier alpha value is -3.93. The summed E-state index contributed by atoms with van der Waals surface area (Å²) < 4.78 is 16.8. The zero-order valence-electron chi connectivity index (χ0n) is 44.8. The van der Waals surface area contributed by atoms with E-state index in [2.05, 4.69) is 130 Å². The summed E-state index contributed by atoms with van der Waals surface area (Å²) in [7, 11) is 0. The molecule has 392 valence electrons. The number of rotatable bonds is 50. The van der Waals surface area contributed by atoms with Crippen LogP contribution in [0, 0.1) is 0 Å². The number of unbranched alkanes of at least 4 members (excludes halogenated alkanes) is 22. The van der Waals surface area contributed by atoms with Gasteiger partial charge in [-0.2, -0.15) is 0 Å². The molecule has 1 unspecified atom stereocenters. The van der Waals surface area contributed by atoms with Crippen molar-refractivity contribution in [2.75, 3.05) is 13.2 Å². The van der Waals surface area contributed by atoms with Gasteiger partial charge in [-0.1, -0.05) is 226 Å². The lowest BCUT2D eigenvalue weighted by molar-refractivity contribution is -0.167. The normalized spacial score (nSPS) is 12.9. The summed E-state index contributed by atoms with van der Waals surface area (Å²) >= 11 is 0. The molecular formula is C63H104O6. The molecule has 0 amide bonds. The minimum atomic E-state index is -0.804. The average molecular weight is 958 g/mol. The van der Waals surface area contributed by atoms with E-state index >= 15 is 0 Å². The molecule has 0 radical (unpaired) electrons. The van der Waals surface area contributed by atoms with Crippen molar-refractivity contribution in [1.29, 1.82) is 0 Å². The van der Waals surface area contributed by atoms with Crippen LogP contribution in [-0.4, -0.2) is 37.2 Å². The van der Waals surface area contributed by atoms with E-state index in [9.17, 15) is 14.4 Å². The molecule has 0 fully saturated rings. The van der Waals surface area contributed by atoms with Gasteiger partial charge in [0.15, 0.2) is 6.10 Å². The van der Waals surface area contributed by atoms with Crippen LogP contribution < -0.4 is 0 Å². The van der Waals surface area contributed by atoms with Gasteiger partial charge < -0.3 is 14.2 Å². The number of carbonyl (C=O) groups excluding carboxylic acids is 3. The molecular weight excluding hydrogens is 853 g/mol. The van der Waals surface area contributed by atoms with Gasteiger partial charge in [-0.25, -0.2) is 0 Å². The average Bonchev–Trinajstić information content (AvgIpc) is 3.35. The highest BCUT2D eigenvalue weighted by Gasteiger charge is 2.19. The van der Waals surface area contributed by atoms with E-state index in [0.717, 1.165) is 148 Å². The highest BCUT2D eigenvalue weighted by molar-refractivity contribution is 5.71. The van der Waals surface area contributed by atoms with Gasteiger partial charge in [0.05, 0.1) is 0 Å². The fraction of sp³-hybridized carbons (Fsp3) is 0.667. The first kappa shape index (κ1) is 65.1. The van der Waals surface area contributed by atoms with Crippen LogP contribution in [0.4, 0.5) is 0 Å². The maximum absolute atomic E-state index is 12.9. The molecule has 0 aromatic carbocycles. The third-order valence-corrected chi connectivity index (χ3v) is 11.8. The van der Waals surface area contributed by atoms with Crippen LogP contribution in [0.15, 0.2) is 109 Å². The summed E-state index contributed by atoms with van der Waals surface area (Å²) in [6.45, 7) is 6.36. The number of carbonyl (C=O) groups is 3. The molecule has 0 bridgehead atoms. The van der Waals surface area contributed by atoms with Crippen LogP contribution in [0.3, 0.4) is 0 Å². The van der Waals surface area contributed by atoms with Crippen molar-refractivity contribution >= 4 is 17.9 Å². The lowest BCUT2D eigenvalue weighted by atomic mass is 10.1. The first-order valence-electron chi connectivity index (χ1n) is 28.4. The number of allylic oxidation sites excluding steroid dienone is 18. The lowest BCUT2D eigenvalue weighted by Crippen LogP contribution is -2.30. The van der Waals surface area contributed by atoms with Crippen LogP contribution in [0.2, 0.25) is 0 Å². The molecule has 6 nitrogen and oxygen atoms in total. The Balaban J connectivity index is 4.47. The van der Waals surface area contributed by atoms with Gasteiger partial charge in [0, 0.05) is 19.3 Å². The first-order chi connectivity index (χ1) is 34.0. The molecule has 1 atom stereocenters. The Morgan fingerprint density at radius 1 is 0.319 bits per heavy atom. The smallest absolute Gasteiger partial charge is 0.306 e. The topological polar surface area (TPSA) is 78.9 Å². The predicted molar refractivity (Wildman–Crippen MR) is 297 cm³/mol. The molecule has 0 aliphatic carbocycles. The Kier molecular flexibility index (Phi) is 53.4. The Bertz CT molecular complexity index is 1420. The van der Waals surface area contributed by atoms with Crippen LogP contribution >= 0.6 is 0 Å². The second kappa shape index (κ2) is 56.7. The Morgan fingerprint density at radius 3 is 0.971 bits per heavy atom. The number of hydrogen-bond acceptors (Lipinski definition) is 6. The fourth-order valence-corrected chi connectivity index (χ4v) is 7.56. The van der Waals surface area contributed by atoms with Crippen LogP contribution in [0.5, 0.6) is 0 Å². The first-order valence-corrected chi connectivity index (χ1v) is 28.4. The molecule has 0 aromatic heterocycles. The van der Waals surface area contributed by atoms with Crippen molar-refractivity contribution < 1.29 is 28.6 Å². The van der Waals surface area contributed by atoms with Gasteiger partial charge in [0.25, 0.3) is 0 Å². The molecule has 0 saturated heterocycles. The molecule has 69 heavy (non-hydrogen) atoms. The van der Waals surface area contributed by atoms with Gasteiger partial charge in [-0.3, -0.25) is 14.4 Å². The summed E-state index contributed by atoms with van der Waals surface area (Å²) in [6, 6.07) is 0. The highest BCUT2D eigenvalue weighted by atomic mass is 16.6. The standard InChI is InChI=1S/C63H104O6/c1-4-7-10-13-16-19-22-25-28-30-32-34-35-38-41-44-47-50-53-56-62(65)68-59-60(58-67-61(64)55-52-49-46-43-40-37-27-24-21-18-15-12-9-6-3)69-63(66)57-54-51-48-45-42-39-36-33-31-29-26-23-20-17-14-11-8-5-2/h7,9-10,12,16,18-19,21,25,27-29,31-34,36-37,60H,4-6,8,11,13-15,17,20,22-24,26,30,35,38-59H2,1-3H3/b10-7-,12-9-,19-16-,21-18-,28-25-,31-29-,34-32-,36-33-,37-27-. The predicted octanol–water partition coefficient (Wildman–Crippen LogP) is 19.1. The lowest BCUT2D eigenvalue weighted by Gasteiger charge is -2.18. The minimum absolute atomic E-state index is 0.101. The quantitative estimate of drug-likeness (QED) is 0.0199. The summed E-state index contributed by atoms with van der Waals surface area (Å²) in [5, 5.41) is 0. The summed E-state index contributed by atoms with van der Waals surface area (Å²) in [5.74, 6) is -0.951. The maximum Gasteiger partial charge on any atom is 0.306 e. The Morgan fingerprint density at radius 2 is 0.609 bits per heavy atom. The van der Waals surface area contributed by atoms with Crippen LogP contribution in [0.25, 0.3) is 0 Å². The zero-order valence-corrected chi connectivity index (χ0v) is 44.8. The molecule has 6 heteroatoms. The van der Waals surface area contributed by atoms with Gasteiger partial charge in [-0.05, 0) is 116 Å². The molecule has 0 aromatic rings. The fourth-order valence-electron chi connectivity index (χ4n) is 7.56. The second-order valence-corrected chi connectivity index (χ2v) is 18.5. The monoisotopic (exact) mass is 957 g/mol. The third kappa shape index (κ3) is 54.9. The van der Waals surface area contributed by atoms with E-state index in [4.69, 9.17) is 14.2 Å². The molecule has 0 aliphatic rings. The van der Waals surface area contributed by atoms with Gasteiger partial charge in [0.1, 0.15) is 13.2 Å². The molecule has 0 heterocycles. The number of ether oxygens (including phenoxy) is 3. The van der Waals surface area contributed by atoms with E-state index < -0.39 is 6.10 Å². The van der Waals surface area contributed by atoms with Gasteiger partial charge in [-0.15, -0.1) is 0 Å². The summed E-state index contributed by atoms with van der Waals surface area (Å²) in [4.78, 5) is 38.1. The minimum Gasteiger partial charge on any atom is -0.462 e.